The minimum atomic E-state index is -3.30. The molecule has 110 valence electrons. The molecule has 1 aromatic heterocycles. The Balaban J connectivity index is 2.26. The van der Waals surface area contributed by atoms with E-state index in [4.69, 9.17) is 9.52 Å². The van der Waals surface area contributed by atoms with Gasteiger partial charge < -0.3 is 14.4 Å². The van der Waals surface area contributed by atoms with E-state index in [2.05, 4.69) is 0 Å². The topological polar surface area (TPSA) is 105 Å². The molecule has 1 saturated heterocycles. The lowest BCUT2D eigenvalue weighted by Crippen LogP contribution is -2.52. The molecule has 1 atom stereocenters. The van der Waals surface area contributed by atoms with E-state index < -0.39 is 27.8 Å². The van der Waals surface area contributed by atoms with Crippen molar-refractivity contribution in [1.29, 1.82) is 0 Å². The molecule has 0 saturated carbocycles. The molecule has 1 aromatic rings. The predicted molar refractivity (Wildman–Crippen MR) is 69.2 cm³/mol. The number of sulfone groups is 1. The van der Waals surface area contributed by atoms with Crippen molar-refractivity contribution in [2.45, 2.75) is 19.4 Å². The van der Waals surface area contributed by atoms with E-state index in [0.717, 1.165) is 0 Å². The van der Waals surface area contributed by atoms with Crippen LogP contribution in [-0.4, -0.2) is 54.4 Å². The van der Waals surface area contributed by atoms with E-state index in [0.29, 0.717) is 11.3 Å². The fourth-order valence-corrected chi connectivity index (χ4v) is 3.81. The van der Waals surface area contributed by atoms with Crippen LogP contribution >= 0.6 is 0 Å². The van der Waals surface area contributed by atoms with Crippen LogP contribution in [0.2, 0.25) is 0 Å². The van der Waals surface area contributed by atoms with Gasteiger partial charge in [-0.2, -0.15) is 0 Å². The Kier molecular flexibility index (Phi) is 3.85. The van der Waals surface area contributed by atoms with Crippen molar-refractivity contribution in [2.24, 2.45) is 0 Å². The van der Waals surface area contributed by atoms with Gasteiger partial charge in [0.1, 0.15) is 5.76 Å². The zero-order valence-corrected chi connectivity index (χ0v) is 11.7. The van der Waals surface area contributed by atoms with Gasteiger partial charge in [-0.05, 0) is 13.0 Å². The second-order valence-corrected chi connectivity index (χ2v) is 6.98. The lowest BCUT2D eigenvalue weighted by atomic mass is 10.1. The van der Waals surface area contributed by atoms with Crippen LogP contribution in [0.25, 0.3) is 0 Å². The summed E-state index contributed by atoms with van der Waals surface area (Å²) in [5.41, 5.74) is 0.333. The van der Waals surface area contributed by atoms with Crippen LogP contribution in [-0.2, 0) is 14.6 Å². The van der Waals surface area contributed by atoms with E-state index in [1.807, 2.05) is 0 Å². The van der Waals surface area contributed by atoms with Gasteiger partial charge in [0.15, 0.2) is 9.84 Å². The largest absolute Gasteiger partial charge is 0.481 e. The fraction of sp³-hybridized carbons (Fsp3) is 0.500. The van der Waals surface area contributed by atoms with Crippen LogP contribution in [0.15, 0.2) is 16.7 Å². The molecular weight excluding hydrogens is 286 g/mol. The van der Waals surface area contributed by atoms with Crippen LogP contribution in [0.3, 0.4) is 0 Å². The van der Waals surface area contributed by atoms with Gasteiger partial charge in [0.25, 0.3) is 5.91 Å². The summed E-state index contributed by atoms with van der Waals surface area (Å²) in [6.07, 6.45) is 0.983. The molecule has 2 heterocycles. The maximum atomic E-state index is 12.4. The maximum Gasteiger partial charge on any atom is 0.305 e. The average Bonchev–Trinajstić information content (AvgIpc) is 2.73. The molecule has 0 bridgehead atoms. The molecule has 1 N–H and O–H groups in total. The number of carbonyl (C=O) groups excluding carboxylic acids is 1. The van der Waals surface area contributed by atoms with Crippen LogP contribution < -0.4 is 0 Å². The van der Waals surface area contributed by atoms with Crippen LogP contribution in [0.5, 0.6) is 0 Å². The Morgan fingerprint density at radius 1 is 1.50 bits per heavy atom. The van der Waals surface area contributed by atoms with Gasteiger partial charge in [-0.1, -0.05) is 0 Å². The molecular formula is C12H15NO6S. The molecule has 2 rings (SSSR count). The zero-order chi connectivity index (χ0) is 14.9. The molecule has 1 unspecified atom stereocenters. The summed E-state index contributed by atoms with van der Waals surface area (Å²) in [5, 5.41) is 8.87. The molecule has 1 aliphatic rings. The molecule has 1 aliphatic heterocycles. The third-order valence-electron chi connectivity index (χ3n) is 3.29. The summed E-state index contributed by atoms with van der Waals surface area (Å²) in [6.45, 7) is 1.63. The number of carboxylic acids is 1. The van der Waals surface area contributed by atoms with Crippen molar-refractivity contribution in [2.75, 3.05) is 18.1 Å². The minimum absolute atomic E-state index is 0.00370. The number of carboxylic acid groups (broad SMARTS) is 1. The van der Waals surface area contributed by atoms with Crippen LogP contribution in [0.4, 0.5) is 0 Å². The summed E-state index contributed by atoms with van der Waals surface area (Å²) < 4.78 is 28.3. The first-order valence-electron chi connectivity index (χ1n) is 6.07. The first kappa shape index (κ1) is 14.6. The lowest BCUT2D eigenvalue weighted by molar-refractivity contribution is -0.138. The third kappa shape index (κ3) is 3.01. The highest BCUT2D eigenvalue weighted by Crippen LogP contribution is 2.20. The standard InChI is InChI=1S/C12H15NO6S/c1-8-10(2-4-19-8)12(16)13-3-5-20(17,18)7-9(13)6-11(14)15/h2,4,9H,3,5-7H2,1H3,(H,14,15). The molecule has 0 spiro atoms. The molecule has 0 aromatic carbocycles. The molecule has 7 nitrogen and oxygen atoms in total. The van der Waals surface area contributed by atoms with Gasteiger partial charge in [0.05, 0.1) is 35.8 Å². The second kappa shape index (κ2) is 5.28. The molecule has 0 radical (unpaired) electrons. The summed E-state index contributed by atoms with van der Waals surface area (Å²) >= 11 is 0. The number of nitrogens with zero attached hydrogens (tertiary/aromatic N) is 1. The van der Waals surface area contributed by atoms with Gasteiger partial charge in [-0.25, -0.2) is 8.42 Å². The van der Waals surface area contributed by atoms with Crippen molar-refractivity contribution in [3.63, 3.8) is 0 Å². The smallest absolute Gasteiger partial charge is 0.305 e. The van der Waals surface area contributed by atoms with Crippen LogP contribution in [0, 0.1) is 6.92 Å². The summed E-state index contributed by atoms with van der Waals surface area (Å²) in [7, 11) is -3.30. The summed E-state index contributed by atoms with van der Waals surface area (Å²) in [6, 6.07) is 0.659. The lowest BCUT2D eigenvalue weighted by Gasteiger charge is -2.34. The van der Waals surface area contributed by atoms with Gasteiger partial charge in [-0.15, -0.1) is 0 Å². The summed E-state index contributed by atoms with van der Waals surface area (Å²) in [4.78, 5) is 24.5. The third-order valence-corrected chi connectivity index (χ3v) is 4.99. The van der Waals surface area contributed by atoms with E-state index in [1.165, 1.54) is 17.2 Å². The van der Waals surface area contributed by atoms with Crippen molar-refractivity contribution in [3.05, 3.63) is 23.7 Å². The normalized spacial score (nSPS) is 21.6. The number of carbonyl (C=O) groups is 2. The summed E-state index contributed by atoms with van der Waals surface area (Å²) in [5.74, 6) is -1.56. The van der Waals surface area contributed by atoms with Crippen molar-refractivity contribution < 1.29 is 27.5 Å². The first-order chi connectivity index (χ1) is 9.30. The number of aliphatic carboxylic acids is 1. The number of rotatable bonds is 3. The molecule has 0 aliphatic carbocycles. The molecule has 1 amide bonds. The van der Waals surface area contributed by atoms with Gasteiger partial charge in [0, 0.05) is 6.54 Å². The van der Waals surface area contributed by atoms with Gasteiger partial charge in [-0.3, -0.25) is 9.59 Å². The Labute approximate surface area is 116 Å². The van der Waals surface area contributed by atoms with Crippen molar-refractivity contribution >= 4 is 21.7 Å². The number of hydrogen-bond donors (Lipinski definition) is 1. The number of furan rings is 1. The highest BCUT2D eigenvalue weighted by molar-refractivity contribution is 7.91. The number of aryl methyl sites for hydroxylation is 1. The minimum Gasteiger partial charge on any atom is -0.481 e. The Hall–Kier alpha value is -1.83. The quantitative estimate of drug-likeness (QED) is 0.861. The van der Waals surface area contributed by atoms with Crippen molar-refractivity contribution in [3.8, 4) is 0 Å². The first-order valence-corrected chi connectivity index (χ1v) is 7.89. The van der Waals surface area contributed by atoms with E-state index >= 15 is 0 Å². The second-order valence-electron chi connectivity index (χ2n) is 4.76. The Morgan fingerprint density at radius 3 is 2.75 bits per heavy atom. The Bertz CT molecular complexity index is 632. The molecule has 1 fully saturated rings. The predicted octanol–water partition coefficient (Wildman–Crippen LogP) is 0.302. The van der Waals surface area contributed by atoms with Gasteiger partial charge >= 0.3 is 5.97 Å². The Morgan fingerprint density at radius 2 is 2.20 bits per heavy atom. The highest BCUT2D eigenvalue weighted by atomic mass is 32.2. The molecule has 8 heteroatoms. The average molecular weight is 301 g/mol. The zero-order valence-electron chi connectivity index (χ0n) is 10.9. The monoisotopic (exact) mass is 301 g/mol. The van der Waals surface area contributed by atoms with E-state index in [1.54, 1.807) is 6.92 Å². The highest BCUT2D eigenvalue weighted by Gasteiger charge is 2.36. The number of hydrogen-bond acceptors (Lipinski definition) is 5. The maximum absolute atomic E-state index is 12.4. The van der Waals surface area contributed by atoms with E-state index in [-0.39, 0.29) is 24.5 Å². The number of amides is 1. The van der Waals surface area contributed by atoms with Crippen LogP contribution in [0.1, 0.15) is 22.5 Å². The van der Waals surface area contributed by atoms with Gasteiger partial charge in [0.2, 0.25) is 0 Å². The van der Waals surface area contributed by atoms with Crippen molar-refractivity contribution in [1.82, 2.24) is 4.90 Å². The SMILES string of the molecule is Cc1occc1C(=O)N1CCS(=O)(=O)CC1CC(=O)O. The fourth-order valence-electron chi connectivity index (χ4n) is 2.29. The molecule has 20 heavy (non-hydrogen) atoms. The van der Waals surface area contributed by atoms with E-state index in [9.17, 15) is 18.0 Å².